The number of benzene rings is 3. The predicted octanol–water partition coefficient (Wildman–Crippen LogP) is 0.559. The van der Waals surface area contributed by atoms with E-state index in [0.29, 0.717) is 4.90 Å². The van der Waals surface area contributed by atoms with Crippen molar-refractivity contribution in [2.24, 2.45) is 22.2 Å². The fourth-order valence-corrected chi connectivity index (χ4v) is 4.63. The van der Waals surface area contributed by atoms with Crippen LogP contribution in [0.3, 0.4) is 0 Å². The molecule has 17 heteroatoms. The van der Waals surface area contributed by atoms with E-state index in [9.17, 15) is 33.9 Å². The highest BCUT2D eigenvalue weighted by atomic mass is 16.7. The predicted molar refractivity (Wildman–Crippen MR) is 173 cm³/mol. The van der Waals surface area contributed by atoms with Gasteiger partial charge in [0.25, 0.3) is 5.88 Å². The van der Waals surface area contributed by atoms with Gasteiger partial charge in [0, 0.05) is 11.3 Å². The summed E-state index contributed by atoms with van der Waals surface area (Å²) in [5.74, 6) is -7.13. The Labute approximate surface area is 277 Å². The maximum absolute atomic E-state index is 13.5. The van der Waals surface area contributed by atoms with Crippen molar-refractivity contribution < 1.29 is 43.8 Å². The van der Waals surface area contributed by atoms with E-state index in [4.69, 9.17) is 31.9 Å². The number of nitrogens with one attached hydrogen (secondary N) is 1. The van der Waals surface area contributed by atoms with Crippen molar-refractivity contribution in [1.29, 1.82) is 0 Å². The Morgan fingerprint density at radius 3 is 2.20 bits per heavy atom. The summed E-state index contributed by atoms with van der Waals surface area (Å²) in [6.07, 6.45) is -0.828. The minimum absolute atomic E-state index is 0.0129. The molecule has 0 aliphatic heterocycles. The number of imidazole rings is 1. The molecule has 17 nitrogen and oxygen atoms in total. The number of aromatic nitrogens is 2. The Hall–Kier alpha value is -6.75. The van der Waals surface area contributed by atoms with Crippen LogP contribution in [-0.4, -0.2) is 67.6 Å². The molecular formula is C32H31N7O10. The molecule has 1 aromatic heterocycles. The van der Waals surface area contributed by atoms with Crippen LogP contribution in [0, 0.1) is 0 Å². The molecule has 0 aliphatic carbocycles. The number of aliphatic imine (C=N–C) groups is 1. The fourth-order valence-electron chi connectivity index (χ4n) is 4.63. The van der Waals surface area contributed by atoms with E-state index in [1.807, 2.05) is 6.07 Å². The maximum Gasteiger partial charge on any atom is 0.363 e. The largest absolute Gasteiger partial charge is 0.491 e. The second kappa shape index (κ2) is 15.2. The zero-order chi connectivity index (χ0) is 35.8. The second-order valence-electron chi connectivity index (χ2n) is 10.4. The number of aromatic amines is 1. The third kappa shape index (κ3) is 8.35. The van der Waals surface area contributed by atoms with E-state index in [-0.39, 0.29) is 39.5 Å². The number of anilines is 1. The lowest BCUT2D eigenvalue weighted by atomic mass is 10.1. The number of H-pyrrole nitrogens is 1. The first-order valence-electron chi connectivity index (χ1n) is 14.4. The number of Topliss-reactive ketones (excluding diaryl/α,β-unsaturated/α-hetero) is 1. The summed E-state index contributed by atoms with van der Waals surface area (Å²) in [7, 11) is 0. The van der Waals surface area contributed by atoms with Gasteiger partial charge in [-0.3, -0.25) is 24.3 Å². The first-order chi connectivity index (χ1) is 23.3. The number of nitrogens with zero attached hydrogens (tertiary/aromatic N) is 3. The van der Waals surface area contributed by atoms with Crippen LogP contribution >= 0.6 is 0 Å². The normalized spacial score (nSPS) is 11.9. The number of aromatic hydroxyl groups is 1. The number of guanidine groups is 1. The van der Waals surface area contributed by atoms with Gasteiger partial charge < -0.3 is 37.0 Å². The quantitative estimate of drug-likeness (QED) is 0.0490. The monoisotopic (exact) mass is 673 g/mol. The average Bonchev–Trinajstić information content (AvgIpc) is 3.33. The van der Waals surface area contributed by atoms with Crippen molar-refractivity contribution in [3.8, 4) is 17.1 Å². The van der Waals surface area contributed by atoms with E-state index >= 15 is 0 Å². The minimum atomic E-state index is -2.07. The highest BCUT2D eigenvalue weighted by molar-refractivity contribution is 6.13. The van der Waals surface area contributed by atoms with E-state index in [1.165, 1.54) is 42.5 Å². The lowest BCUT2D eigenvalue weighted by molar-refractivity contribution is -0.150. The van der Waals surface area contributed by atoms with Gasteiger partial charge in [-0.05, 0) is 42.8 Å². The topological polar surface area (TPSA) is 276 Å². The minimum Gasteiger partial charge on any atom is -0.491 e. The summed E-state index contributed by atoms with van der Waals surface area (Å²) in [5.41, 5.74) is 16.0. The highest BCUT2D eigenvalue weighted by Gasteiger charge is 2.40. The molecule has 0 bridgehead atoms. The molecule has 0 aliphatic rings. The van der Waals surface area contributed by atoms with Crippen LogP contribution in [-0.2, 0) is 30.5 Å². The van der Waals surface area contributed by atoms with Crippen LogP contribution < -0.4 is 32.6 Å². The molecule has 0 spiro atoms. The summed E-state index contributed by atoms with van der Waals surface area (Å²) in [5, 5.41) is 20.2. The van der Waals surface area contributed by atoms with Gasteiger partial charge in [0.2, 0.25) is 5.91 Å². The van der Waals surface area contributed by atoms with E-state index < -0.39 is 65.6 Å². The van der Waals surface area contributed by atoms with Crippen molar-refractivity contribution in [3.63, 3.8) is 0 Å². The number of carboxylic acids is 1. The number of para-hydroxylation sites is 1. The van der Waals surface area contributed by atoms with Crippen LogP contribution in [0.2, 0.25) is 0 Å². The highest BCUT2D eigenvalue weighted by Crippen LogP contribution is 2.35. The SMILES string of the molecule is CC(=O)[C@@H](C(=O)On1c(O)c(-c2ccc(C(=O)OCc3ccccc3)cc2N=C(N)N)[nH]c1=O)N(C(=O)[C@@H](N)CC(=O)O)c1ccccc1. The number of hydrogen-bond donors (Lipinski definition) is 6. The molecule has 4 rings (SSSR count). The molecule has 0 unspecified atom stereocenters. The molecule has 1 amide bonds. The molecule has 4 aromatic rings. The van der Waals surface area contributed by atoms with Crippen LogP contribution in [0.15, 0.2) is 88.6 Å². The Balaban J connectivity index is 1.68. The summed E-state index contributed by atoms with van der Waals surface area (Å²) < 4.78 is 5.47. The molecule has 0 saturated carbocycles. The molecule has 49 heavy (non-hydrogen) atoms. The number of aliphatic carboxylic acids is 1. The zero-order valence-electron chi connectivity index (χ0n) is 25.8. The van der Waals surface area contributed by atoms with Crippen molar-refractivity contribution in [1.82, 2.24) is 9.71 Å². The van der Waals surface area contributed by atoms with Crippen molar-refractivity contribution >= 4 is 46.9 Å². The smallest absolute Gasteiger partial charge is 0.363 e. The molecule has 0 saturated heterocycles. The summed E-state index contributed by atoms with van der Waals surface area (Å²) in [6, 6.07) is 16.3. The van der Waals surface area contributed by atoms with Crippen LogP contribution in [0.4, 0.5) is 11.4 Å². The summed E-state index contributed by atoms with van der Waals surface area (Å²) >= 11 is 0. The Morgan fingerprint density at radius 2 is 1.61 bits per heavy atom. The zero-order valence-corrected chi connectivity index (χ0v) is 25.8. The van der Waals surface area contributed by atoms with Crippen molar-refractivity contribution in [2.75, 3.05) is 4.90 Å². The number of hydrogen-bond acceptors (Lipinski definition) is 11. The van der Waals surface area contributed by atoms with Crippen LogP contribution in [0.25, 0.3) is 11.3 Å². The molecule has 1 heterocycles. The molecule has 0 fully saturated rings. The Bertz CT molecular complexity index is 1970. The number of ketones is 1. The first kappa shape index (κ1) is 35.1. The van der Waals surface area contributed by atoms with Gasteiger partial charge >= 0.3 is 23.6 Å². The van der Waals surface area contributed by atoms with E-state index in [0.717, 1.165) is 12.5 Å². The number of rotatable bonds is 13. The van der Waals surface area contributed by atoms with Crippen LogP contribution in [0.5, 0.6) is 5.88 Å². The third-order valence-electron chi connectivity index (χ3n) is 6.83. The lowest BCUT2D eigenvalue weighted by Gasteiger charge is -2.30. The number of esters is 1. The number of carbonyl (C=O) groups excluding carboxylic acids is 4. The summed E-state index contributed by atoms with van der Waals surface area (Å²) in [4.78, 5) is 88.6. The van der Waals surface area contributed by atoms with Gasteiger partial charge in [-0.1, -0.05) is 53.3 Å². The van der Waals surface area contributed by atoms with E-state index in [1.54, 1.807) is 30.3 Å². The van der Waals surface area contributed by atoms with Crippen molar-refractivity contribution in [2.45, 2.75) is 32.0 Å². The number of carboxylic acid groups (broad SMARTS) is 1. The molecule has 254 valence electrons. The molecule has 9 N–H and O–H groups in total. The van der Waals surface area contributed by atoms with Crippen LogP contribution in [0.1, 0.15) is 29.3 Å². The van der Waals surface area contributed by atoms with Gasteiger partial charge in [-0.15, -0.1) is 0 Å². The van der Waals surface area contributed by atoms with Gasteiger partial charge in [0.15, 0.2) is 17.8 Å². The van der Waals surface area contributed by atoms with Gasteiger partial charge in [-0.25, -0.2) is 19.4 Å². The molecular weight excluding hydrogens is 642 g/mol. The lowest BCUT2D eigenvalue weighted by Crippen LogP contribution is -2.57. The van der Waals surface area contributed by atoms with Gasteiger partial charge in [-0.2, -0.15) is 0 Å². The second-order valence-corrected chi connectivity index (χ2v) is 10.4. The molecule has 3 aromatic carbocycles. The number of nitrogens with two attached hydrogens (primary N) is 3. The Morgan fingerprint density at radius 1 is 0.980 bits per heavy atom. The third-order valence-corrected chi connectivity index (χ3v) is 6.83. The number of carbonyl (C=O) groups is 5. The summed E-state index contributed by atoms with van der Waals surface area (Å²) in [6.45, 7) is 0.929. The maximum atomic E-state index is 13.5. The van der Waals surface area contributed by atoms with Gasteiger partial charge in [0.1, 0.15) is 12.3 Å². The fraction of sp³-hybridized carbons (Fsp3) is 0.156. The number of ether oxygens (including phenoxy) is 1. The first-order valence-corrected chi connectivity index (χ1v) is 14.4. The standard InChI is InChI=1S/C32H31N7O10/c1-17(40)26(38(20-10-6-3-7-11-20)27(43)22(33)15-24(41)42)30(46)49-39-28(44)25(37-32(39)47)21-13-12-19(14-23(21)36-31(34)35)29(45)48-16-18-8-4-2-5-9-18/h2-14,22,26,44H,15-16,33H2,1H3,(H,37,47)(H,41,42)(H4,34,35,36)/t22-,26-/m0/s1. The number of amides is 1. The average molecular weight is 674 g/mol. The van der Waals surface area contributed by atoms with E-state index in [2.05, 4.69) is 9.98 Å². The Kier molecular flexibility index (Phi) is 10.9. The molecule has 0 radical (unpaired) electrons. The molecule has 2 atom stereocenters. The van der Waals surface area contributed by atoms with Crippen molar-refractivity contribution in [3.05, 3.63) is 100 Å². The van der Waals surface area contributed by atoms with Gasteiger partial charge in [0.05, 0.1) is 23.7 Å².